The van der Waals surface area contributed by atoms with Gasteiger partial charge in [-0.3, -0.25) is 14.6 Å². The van der Waals surface area contributed by atoms with Crippen LogP contribution in [0.5, 0.6) is 0 Å². The summed E-state index contributed by atoms with van der Waals surface area (Å²) in [6.45, 7) is 0.268. The van der Waals surface area contributed by atoms with Crippen molar-refractivity contribution in [3.8, 4) is 0 Å². The van der Waals surface area contributed by atoms with Crippen LogP contribution in [0, 0.1) is 0 Å². The summed E-state index contributed by atoms with van der Waals surface area (Å²) in [5.41, 5.74) is 8.78. The fraction of sp³-hybridized carbons (Fsp3) is 0.174. The Morgan fingerprint density at radius 1 is 0.969 bits per heavy atom. The van der Waals surface area contributed by atoms with Crippen LogP contribution >= 0.6 is 0 Å². The van der Waals surface area contributed by atoms with Crippen LogP contribution < -0.4 is 16.4 Å². The highest BCUT2D eigenvalue weighted by Gasteiger charge is 2.13. The SMILES string of the molecule is CS(=O)(=O)c1ccc(CNC(=O)CC(N)c2ccc(C(=O)Nc3ccncc3)cc2)cc1. The average molecular weight is 453 g/mol. The van der Waals surface area contributed by atoms with Crippen molar-refractivity contribution in [2.24, 2.45) is 5.73 Å². The molecule has 0 saturated carbocycles. The van der Waals surface area contributed by atoms with E-state index in [0.717, 1.165) is 17.4 Å². The lowest BCUT2D eigenvalue weighted by Gasteiger charge is -2.13. The number of sulfone groups is 1. The maximum absolute atomic E-state index is 12.3. The van der Waals surface area contributed by atoms with Gasteiger partial charge in [-0.25, -0.2) is 8.42 Å². The number of benzene rings is 2. The molecular formula is C23H24N4O4S. The van der Waals surface area contributed by atoms with Gasteiger partial charge in [0.1, 0.15) is 0 Å². The van der Waals surface area contributed by atoms with Gasteiger partial charge in [-0.1, -0.05) is 24.3 Å². The molecule has 1 aromatic heterocycles. The molecule has 32 heavy (non-hydrogen) atoms. The zero-order chi connectivity index (χ0) is 23.1. The van der Waals surface area contributed by atoms with E-state index in [9.17, 15) is 18.0 Å². The van der Waals surface area contributed by atoms with Crippen molar-refractivity contribution in [3.05, 3.63) is 89.7 Å². The minimum absolute atomic E-state index is 0.0734. The molecule has 4 N–H and O–H groups in total. The van der Waals surface area contributed by atoms with Crippen molar-refractivity contribution >= 4 is 27.3 Å². The van der Waals surface area contributed by atoms with Gasteiger partial charge in [0, 0.05) is 48.9 Å². The topological polar surface area (TPSA) is 131 Å². The number of aromatic nitrogens is 1. The van der Waals surface area contributed by atoms with Crippen molar-refractivity contribution in [2.75, 3.05) is 11.6 Å². The molecule has 0 aliphatic heterocycles. The summed E-state index contributed by atoms with van der Waals surface area (Å²) in [5, 5.41) is 5.55. The van der Waals surface area contributed by atoms with Gasteiger partial charge in [-0.05, 0) is 47.5 Å². The average Bonchev–Trinajstić information content (AvgIpc) is 2.78. The lowest BCUT2D eigenvalue weighted by atomic mass is 10.0. The van der Waals surface area contributed by atoms with E-state index in [1.54, 1.807) is 60.9 Å². The summed E-state index contributed by atoms with van der Waals surface area (Å²) in [6, 6.07) is 16.0. The Balaban J connectivity index is 1.51. The molecule has 3 rings (SSSR count). The van der Waals surface area contributed by atoms with Crippen molar-refractivity contribution in [3.63, 3.8) is 0 Å². The molecule has 0 saturated heterocycles. The molecule has 0 fully saturated rings. The zero-order valence-corrected chi connectivity index (χ0v) is 18.3. The van der Waals surface area contributed by atoms with Gasteiger partial charge in [0.15, 0.2) is 9.84 Å². The molecule has 1 heterocycles. The van der Waals surface area contributed by atoms with Crippen molar-refractivity contribution in [1.82, 2.24) is 10.3 Å². The third-order valence-electron chi connectivity index (χ3n) is 4.79. The molecule has 0 aliphatic rings. The third-order valence-corrected chi connectivity index (χ3v) is 5.91. The summed E-state index contributed by atoms with van der Waals surface area (Å²) in [5.74, 6) is -0.486. The Hall–Kier alpha value is -3.56. The number of carbonyl (C=O) groups excluding carboxylic acids is 2. The fourth-order valence-corrected chi connectivity index (χ4v) is 3.60. The number of carbonyl (C=O) groups is 2. The second-order valence-electron chi connectivity index (χ2n) is 7.32. The number of nitrogens with two attached hydrogens (primary N) is 1. The highest BCUT2D eigenvalue weighted by molar-refractivity contribution is 7.90. The molecule has 3 aromatic rings. The second kappa shape index (κ2) is 10.2. The largest absolute Gasteiger partial charge is 0.352 e. The van der Waals surface area contributed by atoms with Crippen LogP contribution in [0.4, 0.5) is 5.69 Å². The first kappa shape index (κ1) is 23.1. The van der Waals surface area contributed by atoms with Gasteiger partial charge in [-0.15, -0.1) is 0 Å². The highest BCUT2D eigenvalue weighted by atomic mass is 32.2. The quantitative estimate of drug-likeness (QED) is 0.481. The van der Waals surface area contributed by atoms with E-state index < -0.39 is 15.9 Å². The Morgan fingerprint density at radius 2 is 1.59 bits per heavy atom. The van der Waals surface area contributed by atoms with Crippen molar-refractivity contribution in [2.45, 2.75) is 23.9 Å². The number of nitrogens with zero attached hydrogens (tertiary/aromatic N) is 1. The lowest BCUT2D eigenvalue weighted by molar-refractivity contribution is -0.121. The highest BCUT2D eigenvalue weighted by Crippen LogP contribution is 2.16. The minimum atomic E-state index is -3.25. The van der Waals surface area contributed by atoms with Crippen molar-refractivity contribution in [1.29, 1.82) is 0 Å². The standard InChI is InChI=1S/C23H24N4O4S/c1-32(30,31)20-8-2-16(3-9-20)15-26-22(28)14-21(24)17-4-6-18(7-5-17)23(29)27-19-10-12-25-13-11-19/h2-13,21H,14-15,24H2,1H3,(H,26,28)(H,25,27,29). The molecule has 2 amide bonds. The number of amides is 2. The first-order valence-electron chi connectivity index (χ1n) is 9.85. The smallest absolute Gasteiger partial charge is 0.255 e. The van der Waals surface area contributed by atoms with Crippen LogP contribution in [-0.2, 0) is 21.2 Å². The van der Waals surface area contributed by atoms with Crippen LogP contribution in [-0.4, -0.2) is 31.5 Å². The first-order valence-corrected chi connectivity index (χ1v) is 11.7. The maximum atomic E-state index is 12.3. The molecule has 0 aliphatic carbocycles. The molecule has 0 radical (unpaired) electrons. The van der Waals surface area contributed by atoms with Gasteiger partial charge >= 0.3 is 0 Å². The molecule has 9 heteroatoms. The monoisotopic (exact) mass is 452 g/mol. The number of pyridine rings is 1. The molecule has 0 spiro atoms. The number of nitrogens with one attached hydrogen (secondary N) is 2. The van der Waals surface area contributed by atoms with E-state index in [1.165, 1.54) is 12.1 Å². The van der Waals surface area contributed by atoms with Crippen LogP contribution in [0.25, 0.3) is 0 Å². The molecule has 0 bridgehead atoms. The Bertz CT molecular complexity index is 1180. The maximum Gasteiger partial charge on any atom is 0.255 e. The number of rotatable bonds is 8. The van der Waals surface area contributed by atoms with E-state index in [4.69, 9.17) is 5.73 Å². The summed E-state index contributed by atoms with van der Waals surface area (Å²) >= 11 is 0. The van der Waals surface area contributed by atoms with Gasteiger partial charge in [-0.2, -0.15) is 0 Å². The minimum Gasteiger partial charge on any atom is -0.352 e. The summed E-state index contributed by atoms with van der Waals surface area (Å²) in [4.78, 5) is 28.7. The third kappa shape index (κ3) is 6.47. The Labute approximate surface area is 186 Å². The summed E-state index contributed by atoms with van der Waals surface area (Å²) in [6.07, 6.45) is 4.40. The van der Waals surface area contributed by atoms with E-state index >= 15 is 0 Å². The van der Waals surface area contributed by atoms with Crippen molar-refractivity contribution < 1.29 is 18.0 Å². The van der Waals surface area contributed by atoms with Crippen LogP contribution in [0.1, 0.15) is 33.9 Å². The summed E-state index contributed by atoms with van der Waals surface area (Å²) < 4.78 is 23.0. The number of hydrogen-bond donors (Lipinski definition) is 3. The lowest BCUT2D eigenvalue weighted by Crippen LogP contribution is -2.27. The molecule has 1 atom stereocenters. The first-order chi connectivity index (χ1) is 15.2. The molecule has 166 valence electrons. The molecule has 8 nitrogen and oxygen atoms in total. The Morgan fingerprint density at radius 3 is 2.19 bits per heavy atom. The molecular weight excluding hydrogens is 428 g/mol. The number of anilines is 1. The zero-order valence-electron chi connectivity index (χ0n) is 17.5. The van der Waals surface area contributed by atoms with Crippen LogP contribution in [0.2, 0.25) is 0 Å². The summed E-state index contributed by atoms with van der Waals surface area (Å²) in [7, 11) is -3.25. The second-order valence-corrected chi connectivity index (χ2v) is 9.33. The van der Waals surface area contributed by atoms with E-state index in [1.807, 2.05) is 0 Å². The van der Waals surface area contributed by atoms with Gasteiger partial charge < -0.3 is 16.4 Å². The normalized spacial score (nSPS) is 12.1. The number of hydrogen-bond acceptors (Lipinski definition) is 6. The van der Waals surface area contributed by atoms with Gasteiger partial charge in [0.25, 0.3) is 5.91 Å². The van der Waals surface area contributed by atoms with Crippen LogP contribution in [0.15, 0.2) is 78.0 Å². The predicted molar refractivity (Wildman–Crippen MR) is 122 cm³/mol. The molecule has 1 unspecified atom stereocenters. The molecule has 2 aromatic carbocycles. The van der Waals surface area contributed by atoms with Gasteiger partial charge in [0.05, 0.1) is 4.90 Å². The fourth-order valence-electron chi connectivity index (χ4n) is 2.97. The predicted octanol–water partition coefficient (Wildman–Crippen LogP) is 2.44. The van der Waals surface area contributed by atoms with E-state index in [-0.39, 0.29) is 29.7 Å². The van der Waals surface area contributed by atoms with E-state index in [2.05, 4.69) is 15.6 Å². The van der Waals surface area contributed by atoms with Gasteiger partial charge in [0.2, 0.25) is 5.91 Å². The Kier molecular flexibility index (Phi) is 7.34. The van der Waals surface area contributed by atoms with Crippen LogP contribution in [0.3, 0.4) is 0 Å². The van der Waals surface area contributed by atoms with E-state index in [0.29, 0.717) is 11.3 Å².